The molecule has 0 atom stereocenters. The van der Waals surface area contributed by atoms with E-state index in [1.807, 2.05) is 11.3 Å². The molecule has 11 rings (SSSR count). The molecule has 0 radical (unpaired) electrons. The van der Waals surface area contributed by atoms with E-state index >= 15 is 0 Å². The monoisotopic (exact) mass is 729 g/mol. The Morgan fingerprint density at radius 2 is 0.857 bits per heavy atom. The maximum Gasteiger partial charge on any atom is 0.0640 e. The van der Waals surface area contributed by atoms with Gasteiger partial charge < -0.3 is 4.90 Å². The average Bonchev–Trinajstić information content (AvgIpc) is 3.64. The van der Waals surface area contributed by atoms with Crippen molar-refractivity contribution < 1.29 is 0 Å². The lowest BCUT2D eigenvalue weighted by Crippen LogP contribution is -2.10. The van der Waals surface area contributed by atoms with Crippen LogP contribution >= 0.6 is 11.3 Å². The van der Waals surface area contributed by atoms with Gasteiger partial charge in [-0.3, -0.25) is 0 Å². The molecule has 10 aromatic carbocycles. The van der Waals surface area contributed by atoms with Crippen molar-refractivity contribution in [3.63, 3.8) is 0 Å². The summed E-state index contributed by atoms with van der Waals surface area (Å²) < 4.78 is 2.58. The third-order valence-corrected chi connectivity index (χ3v) is 12.4. The third-order valence-electron chi connectivity index (χ3n) is 11.2. The molecule has 0 aliphatic rings. The number of hydrogen-bond acceptors (Lipinski definition) is 2. The van der Waals surface area contributed by atoms with Crippen LogP contribution in [0.2, 0.25) is 0 Å². The van der Waals surface area contributed by atoms with Crippen LogP contribution in [0.3, 0.4) is 0 Å². The fraction of sp³-hybridized carbons (Fsp3) is 0. The molecule has 1 nitrogen and oxygen atoms in total. The zero-order valence-electron chi connectivity index (χ0n) is 30.6. The zero-order chi connectivity index (χ0) is 37.0. The second-order valence-electron chi connectivity index (χ2n) is 14.5. The molecular formula is C54H35NS. The molecule has 2 heteroatoms. The van der Waals surface area contributed by atoms with E-state index in [0.717, 1.165) is 11.4 Å². The minimum absolute atomic E-state index is 1.12. The zero-order valence-corrected chi connectivity index (χ0v) is 31.4. The summed E-state index contributed by atoms with van der Waals surface area (Å²) in [5.74, 6) is 0. The Kier molecular flexibility index (Phi) is 7.75. The number of thiophene rings is 1. The van der Waals surface area contributed by atoms with Gasteiger partial charge in [0.1, 0.15) is 0 Å². The van der Waals surface area contributed by atoms with Gasteiger partial charge in [0.15, 0.2) is 0 Å². The summed E-state index contributed by atoms with van der Waals surface area (Å²) in [6.45, 7) is 0. The van der Waals surface area contributed by atoms with Crippen LogP contribution in [0, 0.1) is 0 Å². The molecular weight excluding hydrogens is 695 g/mol. The van der Waals surface area contributed by atoms with Gasteiger partial charge in [0.2, 0.25) is 0 Å². The van der Waals surface area contributed by atoms with E-state index in [9.17, 15) is 0 Å². The molecule has 0 aliphatic heterocycles. The lowest BCUT2D eigenvalue weighted by atomic mass is 9.89. The standard InChI is InChI=1S/C54H35NS/c1-2-13-36(14-3-1)37-25-29-42(30-26-37)55(52-24-12-23-49-51-33-39-15-4-5-16-40(39)35-53(51)56-54(49)52)43-31-27-38(28-32-43)44-18-8-9-21-47(44)50-34-41-17-6-7-19-45(41)46-20-10-11-22-48(46)50/h1-35H. The van der Waals surface area contributed by atoms with Crippen LogP contribution in [-0.2, 0) is 0 Å². The molecule has 0 fully saturated rings. The van der Waals surface area contributed by atoms with Gasteiger partial charge in [-0.2, -0.15) is 0 Å². The second kappa shape index (κ2) is 13.4. The van der Waals surface area contributed by atoms with Crippen LogP contribution in [0.15, 0.2) is 212 Å². The first-order chi connectivity index (χ1) is 27.8. The topological polar surface area (TPSA) is 3.24 Å². The molecule has 1 aromatic heterocycles. The van der Waals surface area contributed by atoms with Crippen molar-refractivity contribution in [2.75, 3.05) is 4.90 Å². The molecule has 0 unspecified atom stereocenters. The van der Waals surface area contributed by atoms with Crippen molar-refractivity contribution in [1.82, 2.24) is 0 Å². The van der Waals surface area contributed by atoms with E-state index in [1.54, 1.807) is 0 Å². The first-order valence-corrected chi connectivity index (χ1v) is 20.0. The molecule has 11 aromatic rings. The van der Waals surface area contributed by atoms with Crippen LogP contribution in [0.4, 0.5) is 17.1 Å². The Hall–Kier alpha value is -7.00. The SMILES string of the molecule is c1ccc(-c2ccc(N(c3ccc(-c4ccccc4-c4cc5ccccc5c5ccccc45)cc3)c3cccc4c3sc3cc5ccccc5cc34)cc2)cc1. The van der Waals surface area contributed by atoms with Crippen LogP contribution in [-0.4, -0.2) is 0 Å². The van der Waals surface area contributed by atoms with Gasteiger partial charge in [0.05, 0.1) is 10.4 Å². The van der Waals surface area contributed by atoms with Gasteiger partial charge in [-0.25, -0.2) is 0 Å². The third kappa shape index (κ3) is 5.46. The number of nitrogens with zero attached hydrogens (tertiary/aromatic N) is 1. The van der Waals surface area contributed by atoms with Gasteiger partial charge in [0, 0.05) is 26.8 Å². The second-order valence-corrected chi connectivity index (χ2v) is 15.5. The Morgan fingerprint density at radius 1 is 0.304 bits per heavy atom. The molecule has 0 saturated carbocycles. The van der Waals surface area contributed by atoms with E-state index in [1.165, 1.54) is 91.6 Å². The summed E-state index contributed by atoms with van der Waals surface area (Å²) in [6, 6.07) is 77.7. The van der Waals surface area contributed by atoms with Gasteiger partial charge in [-0.05, 0) is 114 Å². The highest BCUT2D eigenvalue weighted by Gasteiger charge is 2.20. The first-order valence-electron chi connectivity index (χ1n) is 19.2. The molecule has 262 valence electrons. The first kappa shape index (κ1) is 32.4. The quantitative estimate of drug-likeness (QED) is 0.154. The number of fused-ring (bicyclic) bond motifs is 7. The summed E-state index contributed by atoms with van der Waals surface area (Å²) in [6.07, 6.45) is 0. The number of benzene rings is 10. The minimum Gasteiger partial charge on any atom is -0.309 e. The highest BCUT2D eigenvalue weighted by atomic mass is 32.1. The Bertz CT molecular complexity index is 3230. The van der Waals surface area contributed by atoms with Crippen LogP contribution < -0.4 is 4.90 Å². The largest absolute Gasteiger partial charge is 0.309 e. The minimum atomic E-state index is 1.12. The van der Waals surface area contributed by atoms with E-state index in [2.05, 4.69) is 217 Å². The van der Waals surface area contributed by atoms with Crippen molar-refractivity contribution >= 4 is 80.9 Å². The molecule has 0 N–H and O–H groups in total. The van der Waals surface area contributed by atoms with E-state index in [0.29, 0.717) is 0 Å². The average molecular weight is 730 g/mol. The van der Waals surface area contributed by atoms with Crippen LogP contribution in [0.25, 0.3) is 85.9 Å². The van der Waals surface area contributed by atoms with Crippen molar-refractivity contribution in [2.24, 2.45) is 0 Å². The number of hydrogen-bond donors (Lipinski definition) is 0. The predicted octanol–water partition coefficient (Wildman–Crippen LogP) is 16.0. The highest BCUT2D eigenvalue weighted by molar-refractivity contribution is 7.26. The molecule has 0 spiro atoms. The van der Waals surface area contributed by atoms with Crippen molar-refractivity contribution in [3.8, 4) is 33.4 Å². The fourth-order valence-corrected chi connectivity index (χ4v) is 9.78. The van der Waals surface area contributed by atoms with Crippen molar-refractivity contribution in [2.45, 2.75) is 0 Å². The smallest absolute Gasteiger partial charge is 0.0640 e. The molecule has 56 heavy (non-hydrogen) atoms. The fourth-order valence-electron chi connectivity index (χ4n) is 8.54. The Balaban J connectivity index is 1.06. The summed E-state index contributed by atoms with van der Waals surface area (Å²) in [5, 5.41) is 10.2. The van der Waals surface area contributed by atoms with E-state index < -0.39 is 0 Å². The highest BCUT2D eigenvalue weighted by Crippen LogP contribution is 2.47. The molecule has 0 amide bonds. The predicted molar refractivity (Wildman–Crippen MR) is 243 cm³/mol. The Morgan fingerprint density at radius 3 is 1.61 bits per heavy atom. The summed E-state index contributed by atoms with van der Waals surface area (Å²) in [5.41, 5.74) is 10.7. The summed E-state index contributed by atoms with van der Waals surface area (Å²) in [7, 11) is 0. The van der Waals surface area contributed by atoms with E-state index in [4.69, 9.17) is 0 Å². The normalized spacial score (nSPS) is 11.6. The Labute approximate surface area is 330 Å². The maximum atomic E-state index is 2.43. The molecule has 1 heterocycles. The van der Waals surface area contributed by atoms with Crippen molar-refractivity contribution in [3.05, 3.63) is 212 Å². The summed E-state index contributed by atoms with van der Waals surface area (Å²) >= 11 is 1.88. The maximum absolute atomic E-state index is 2.43. The van der Waals surface area contributed by atoms with Crippen molar-refractivity contribution in [1.29, 1.82) is 0 Å². The van der Waals surface area contributed by atoms with Crippen LogP contribution in [0.5, 0.6) is 0 Å². The lowest BCUT2D eigenvalue weighted by molar-refractivity contribution is 1.30. The lowest BCUT2D eigenvalue weighted by Gasteiger charge is -2.26. The number of anilines is 3. The molecule has 0 saturated heterocycles. The van der Waals surface area contributed by atoms with Gasteiger partial charge >= 0.3 is 0 Å². The summed E-state index contributed by atoms with van der Waals surface area (Å²) in [4.78, 5) is 2.43. The molecule has 0 aliphatic carbocycles. The van der Waals surface area contributed by atoms with Gasteiger partial charge in [0.25, 0.3) is 0 Å². The van der Waals surface area contributed by atoms with Gasteiger partial charge in [-0.15, -0.1) is 11.3 Å². The number of rotatable bonds is 6. The van der Waals surface area contributed by atoms with E-state index in [-0.39, 0.29) is 0 Å². The van der Waals surface area contributed by atoms with Crippen LogP contribution in [0.1, 0.15) is 0 Å². The van der Waals surface area contributed by atoms with Gasteiger partial charge in [-0.1, -0.05) is 164 Å². The molecule has 0 bridgehead atoms.